The summed E-state index contributed by atoms with van der Waals surface area (Å²) < 4.78 is 1.71. The van der Waals surface area contributed by atoms with Gasteiger partial charge in [-0.2, -0.15) is 0 Å². The Morgan fingerprint density at radius 3 is 2.82 bits per heavy atom. The number of halogens is 2. The second-order valence-corrected chi connectivity index (χ2v) is 4.93. The summed E-state index contributed by atoms with van der Waals surface area (Å²) in [6.07, 6.45) is 2.05. The van der Waals surface area contributed by atoms with Gasteiger partial charge in [-0.3, -0.25) is 9.36 Å². The van der Waals surface area contributed by atoms with Crippen molar-refractivity contribution < 1.29 is 0 Å². The quantitative estimate of drug-likeness (QED) is 0.785. The predicted molar refractivity (Wildman–Crippen MR) is 68.8 cm³/mol. The molecule has 0 N–H and O–H groups in total. The van der Waals surface area contributed by atoms with E-state index in [1.165, 1.54) is 0 Å². The summed E-state index contributed by atoms with van der Waals surface area (Å²) in [4.78, 5) is 16.8. The molecule has 5 heteroatoms. The summed E-state index contributed by atoms with van der Waals surface area (Å²) in [6, 6.07) is 5.43. The van der Waals surface area contributed by atoms with Crippen LogP contribution in [0.15, 0.2) is 23.0 Å². The van der Waals surface area contributed by atoms with Gasteiger partial charge in [0.25, 0.3) is 5.56 Å². The van der Waals surface area contributed by atoms with Gasteiger partial charge in [0, 0.05) is 11.1 Å². The highest BCUT2D eigenvalue weighted by Gasteiger charge is 2.27. The first-order valence-electron chi connectivity index (χ1n) is 5.47. The van der Waals surface area contributed by atoms with E-state index in [2.05, 4.69) is 4.98 Å². The number of alkyl halides is 1. The molecule has 3 rings (SSSR count). The molecule has 0 saturated heterocycles. The van der Waals surface area contributed by atoms with Crippen molar-refractivity contribution >= 4 is 34.1 Å². The van der Waals surface area contributed by atoms with Crippen LogP contribution in [0.25, 0.3) is 10.9 Å². The van der Waals surface area contributed by atoms with Crippen LogP contribution in [0.1, 0.15) is 24.7 Å². The molecular weight excluding hydrogens is 259 g/mol. The molecule has 1 heterocycles. The second kappa shape index (κ2) is 4.00. The molecule has 0 unspecified atom stereocenters. The zero-order valence-electron chi connectivity index (χ0n) is 8.99. The van der Waals surface area contributed by atoms with E-state index in [4.69, 9.17) is 23.2 Å². The zero-order valence-corrected chi connectivity index (χ0v) is 10.5. The van der Waals surface area contributed by atoms with Crippen molar-refractivity contribution in [3.63, 3.8) is 0 Å². The third-order valence-corrected chi connectivity index (χ3v) is 3.44. The van der Waals surface area contributed by atoms with Crippen molar-refractivity contribution in [2.24, 2.45) is 0 Å². The van der Waals surface area contributed by atoms with E-state index in [1.54, 1.807) is 22.8 Å². The minimum atomic E-state index is -0.0318. The zero-order chi connectivity index (χ0) is 12.0. The van der Waals surface area contributed by atoms with E-state index in [1.807, 2.05) is 0 Å². The first-order valence-corrected chi connectivity index (χ1v) is 6.38. The molecule has 1 fully saturated rings. The summed E-state index contributed by atoms with van der Waals surface area (Å²) in [7, 11) is 0. The van der Waals surface area contributed by atoms with Crippen LogP contribution in [-0.2, 0) is 5.88 Å². The minimum Gasteiger partial charge on any atom is -0.292 e. The van der Waals surface area contributed by atoms with E-state index in [0.717, 1.165) is 12.8 Å². The number of aromatic nitrogens is 2. The van der Waals surface area contributed by atoms with Gasteiger partial charge in [0.05, 0.1) is 16.8 Å². The molecule has 2 aromatic rings. The Labute approximate surface area is 108 Å². The highest BCUT2D eigenvalue weighted by Crippen LogP contribution is 2.35. The highest BCUT2D eigenvalue weighted by atomic mass is 35.5. The van der Waals surface area contributed by atoms with Crippen LogP contribution in [0.4, 0.5) is 0 Å². The Hall–Kier alpha value is -1.06. The standard InChI is InChI=1S/C12H10Cl2N2O/c13-6-11-15-10-4-1-7(14)5-9(10)12(17)16(11)8-2-3-8/h1,4-5,8H,2-3,6H2. The fraction of sp³-hybridized carbons (Fsp3) is 0.333. The van der Waals surface area contributed by atoms with E-state index < -0.39 is 0 Å². The lowest BCUT2D eigenvalue weighted by atomic mass is 10.2. The summed E-state index contributed by atoms with van der Waals surface area (Å²) in [5, 5.41) is 1.12. The van der Waals surface area contributed by atoms with Gasteiger partial charge < -0.3 is 0 Å². The van der Waals surface area contributed by atoms with Gasteiger partial charge >= 0.3 is 0 Å². The van der Waals surface area contributed by atoms with Crippen LogP contribution < -0.4 is 5.56 Å². The number of nitrogens with zero attached hydrogens (tertiary/aromatic N) is 2. The average Bonchev–Trinajstić information content (AvgIpc) is 3.13. The van der Waals surface area contributed by atoms with Gasteiger partial charge in [-0.15, -0.1) is 11.6 Å². The van der Waals surface area contributed by atoms with Gasteiger partial charge in [-0.25, -0.2) is 4.98 Å². The summed E-state index contributed by atoms with van der Waals surface area (Å²) >= 11 is 11.8. The first-order chi connectivity index (χ1) is 8.20. The lowest BCUT2D eigenvalue weighted by Gasteiger charge is -2.10. The summed E-state index contributed by atoms with van der Waals surface area (Å²) in [5.41, 5.74) is 0.627. The van der Waals surface area contributed by atoms with E-state index in [9.17, 15) is 4.79 Å². The van der Waals surface area contributed by atoms with Crippen molar-refractivity contribution in [1.82, 2.24) is 9.55 Å². The van der Waals surface area contributed by atoms with Gasteiger partial charge in [0.2, 0.25) is 0 Å². The molecule has 0 radical (unpaired) electrons. The lowest BCUT2D eigenvalue weighted by molar-refractivity contribution is 0.662. The molecule has 1 aromatic carbocycles. The Kier molecular flexibility index (Phi) is 2.60. The molecule has 0 spiro atoms. The van der Waals surface area contributed by atoms with Crippen LogP contribution >= 0.6 is 23.2 Å². The van der Waals surface area contributed by atoms with Gasteiger partial charge in [-0.05, 0) is 31.0 Å². The molecule has 0 atom stereocenters. The number of hydrogen-bond acceptors (Lipinski definition) is 2. The maximum absolute atomic E-state index is 12.3. The normalized spacial score (nSPS) is 15.4. The van der Waals surface area contributed by atoms with Crippen LogP contribution in [0.2, 0.25) is 5.02 Å². The van der Waals surface area contributed by atoms with Crippen molar-refractivity contribution in [3.8, 4) is 0 Å². The smallest absolute Gasteiger partial charge is 0.261 e. The van der Waals surface area contributed by atoms with Crippen LogP contribution in [-0.4, -0.2) is 9.55 Å². The van der Waals surface area contributed by atoms with Crippen molar-refractivity contribution in [1.29, 1.82) is 0 Å². The maximum atomic E-state index is 12.3. The number of rotatable bonds is 2. The molecule has 1 aliphatic rings. The fourth-order valence-corrected chi connectivity index (χ4v) is 2.38. The van der Waals surface area contributed by atoms with Crippen molar-refractivity contribution in [3.05, 3.63) is 39.4 Å². The van der Waals surface area contributed by atoms with E-state index >= 15 is 0 Å². The maximum Gasteiger partial charge on any atom is 0.261 e. The Morgan fingerprint density at radius 1 is 1.41 bits per heavy atom. The molecule has 3 nitrogen and oxygen atoms in total. The highest BCUT2D eigenvalue weighted by molar-refractivity contribution is 6.31. The average molecular weight is 269 g/mol. The molecule has 0 amide bonds. The van der Waals surface area contributed by atoms with Crippen LogP contribution in [0.5, 0.6) is 0 Å². The lowest BCUT2D eigenvalue weighted by Crippen LogP contribution is -2.24. The Morgan fingerprint density at radius 2 is 2.18 bits per heavy atom. The number of fused-ring (bicyclic) bond motifs is 1. The minimum absolute atomic E-state index is 0.0318. The van der Waals surface area contributed by atoms with E-state index in [0.29, 0.717) is 21.7 Å². The predicted octanol–water partition coefficient (Wildman–Crippen LogP) is 3.12. The SMILES string of the molecule is O=c1c2cc(Cl)ccc2nc(CCl)n1C1CC1. The van der Waals surface area contributed by atoms with Crippen molar-refractivity contribution in [2.75, 3.05) is 0 Å². The van der Waals surface area contributed by atoms with Crippen LogP contribution in [0.3, 0.4) is 0 Å². The second-order valence-electron chi connectivity index (χ2n) is 4.23. The fourth-order valence-electron chi connectivity index (χ4n) is 2.02. The van der Waals surface area contributed by atoms with Crippen LogP contribution in [0, 0.1) is 0 Å². The molecule has 1 saturated carbocycles. The molecule has 0 bridgehead atoms. The molecule has 17 heavy (non-hydrogen) atoms. The van der Waals surface area contributed by atoms with Gasteiger partial charge in [0.15, 0.2) is 0 Å². The molecule has 1 aromatic heterocycles. The Bertz CT molecular complexity index is 647. The first kappa shape index (κ1) is 11.1. The van der Waals surface area contributed by atoms with Gasteiger partial charge in [0.1, 0.15) is 5.82 Å². The summed E-state index contributed by atoms with van der Waals surface area (Å²) in [5.74, 6) is 0.901. The monoisotopic (exact) mass is 268 g/mol. The molecule has 88 valence electrons. The third-order valence-electron chi connectivity index (χ3n) is 2.97. The topological polar surface area (TPSA) is 34.9 Å². The molecular formula is C12H10Cl2N2O. The molecule has 0 aliphatic heterocycles. The Balaban J connectivity index is 2.37. The van der Waals surface area contributed by atoms with E-state index in [-0.39, 0.29) is 17.5 Å². The number of benzene rings is 1. The number of hydrogen-bond donors (Lipinski definition) is 0. The largest absolute Gasteiger partial charge is 0.292 e. The third kappa shape index (κ3) is 1.83. The van der Waals surface area contributed by atoms with Crippen molar-refractivity contribution in [2.45, 2.75) is 24.8 Å². The van der Waals surface area contributed by atoms with Gasteiger partial charge in [-0.1, -0.05) is 11.6 Å². The summed E-state index contributed by atoms with van der Waals surface area (Å²) in [6.45, 7) is 0. The molecule has 1 aliphatic carbocycles.